The van der Waals surface area contributed by atoms with Crippen LogP contribution in [-0.4, -0.2) is 80.3 Å². The van der Waals surface area contributed by atoms with Gasteiger partial charge in [0.1, 0.15) is 11.4 Å². The van der Waals surface area contributed by atoms with Gasteiger partial charge < -0.3 is 91.2 Å². The van der Waals surface area contributed by atoms with Crippen molar-refractivity contribution in [3.05, 3.63) is 325 Å². The van der Waals surface area contributed by atoms with Crippen molar-refractivity contribution in [3.8, 4) is 0 Å². The van der Waals surface area contributed by atoms with Gasteiger partial charge >= 0.3 is 68.3 Å². The van der Waals surface area contributed by atoms with Gasteiger partial charge in [-0.25, -0.2) is 0 Å². The summed E-state index contributed by atoms with van der Waals surface area (Å²) in [7, 11) is 4.30. The molecular weight excluding hydrogens is 1310 g/mol. The van der Waals surface area contributed by atoms with Gasteiger partial charge in [-0.15, -0.1) is 0 Å². The molecule has 0 saturated carbocycles. The van der Waals surface area contributed by atoms with Gasteiger partial charge in [0, 0.05) is 50.1 Å². The summed E-state index contributed by atoms with van der Waals surface area (Å²) in [6, 6.07) is 57.3. The SMILES string of the molecule is CO[C@@]([O-])(c1ccccc1)c1ccccn1.CO[C@]([O-])(c1ccccc1)c1ccccn1.C[O-].C[O-].O=C(c1ccccc1)c1ccccn1.O=C(c1ccccc1)c1ccccn1.O=[N+]([O-])[O-].O=[N+]([O-])[O-].O=[N+]([O-])[O-].O=[N+]([O-])[O-].[Cu+2].[Cu+2].[Cu+2].[Cu+2]. The minimum atomic E-state index is -1.75. The monoisotopic (exact) mass is 1360 g/mol. The molecule has 0 saturated heterocycles. The second kappa shape index (κ2) is 52.5. The number of carbonyl (C=O) groups is 2. The summed E-state index contributed by atoms with van der Waals surface area (Å²) in [6.07, 6.45) is 6.42. The molecule has 84 heavy (non-hydrogen) atoms. The van der Waals surface area contributed by atoms with Crippen LogP contribution in [0.4, 0.5) is 0 Å². The quantitative estimate of drug-likeness (QED) is 0.0609. The van der Waals surface area contributed by atoms with Crippen molar-refractivity contribution < 1.29 is 128 Å². The van der Waals surface area contributed by atoms with Crippen LogP contribution in [0.1, 0.15) is 54.6 Å². The number of nitrogens with zero attached hydrogens (tertiary/aromatic N) is 8. The van der Waals surface area contributed by atoms with E-state index in [4.69, 9.17) is 81.0 Å². The normalized spacial score (nSPS) is 10.0. The summed E-state index contributed by atoms with van der Waals surface area (Å²) in [5, 5.41) is 101. The Morgan fingerprint density at radius 1 is 0.345 bits per heavy atom. The van der Waals surface area contributed by atoms with E-state index in [1.807, 2.05) is 84.9 Å². The van der Waals surface area contributed by atoms with E-state index >= 15 is 0 Å². The maximum Gasteiger partial charge on any atom is 2.00 e. The van der Waals surface area contributed by atoms with Crippen molar-refractivity contribution in [2.75, 3.05) is 28.4 Å². The molecular formula is C52H48Cu4N8O20. The van der Waals surface area contributed by atoms with Gasteiger partial charge in [0.25, 0.3) is 0 Å². The minimum Gasteiger partial charge on any atom is -0.857 e. The van der Waals surface area contributed by atoms with E-state index in [-0.39, 0.29) is 79.8 Å². The summed E-state index contributed by atoms with van der Waals surface area (Å²) in [6.45, 7) is 0. The molecule has 0 aliphatic heterocycles. The van der Waals surface area contributed by atoms with Crippen molar-refractivity contribution in [1.29, 1.82) is 0 Å². The van der Waals surface area contributed by atoms with Gasteiger partial charge in [-0.3, -0.25) is 29.5 Å². The molecule has 2 atom stereocenters. The zero-order chi connectivity index (χ0) is 60.8. The summed E-state index contributed by atoms with van der Waals surface area (Å²) in [5.41, 5.74) is 4.15. The molecule has 0 N–H and O–H groups in total. The van der Waals surface area contributed by atoms with Crippen LogP contribution in [0.5, 0.6) is 0 Å². The fraction of sp³-hybridized carbons (Fsp3) is 0.115. The molecule has 0 amide bonds. The number of rotatable bonds is 10. The van der Waals surface area contributed by atoms with Crippen LogP contribution in [0.25, 0.3) is 0 Å². The van der Waals surface area contributed by atoms with Gasteiger partial charge in [0.15, 0.2) is 0 Å². The molecule has 0 unspecified atom stereocenters. The number of aromatic nitrogens is 4. The van der Waals surface area contributed by atoms with Gasteiger partial charge in [-0.1, -0.05) is 146 Å². The zero-order valence-electron chi connectivity index (χ0n) is 43.7. The predicted octanol–water partition coefficient (Wildman–Crippen LogP) is 4.19. The van der Waals surface area contributed by atoms with Crippen LogP contribution in [0, 0.1) is 61.3 Å². The number of pyridine rings is 4. The Kier molecular flexibility index (Phi) is 54.2. The van der Waals surface area contributed by atoms with E-state index in [0.29, 0.717) is 45.0 Å². The predicted molar refractivity (Wildman–Crippen MR) is 278 cm³/mol. The Hall–Kier alpha value is -8.54. The standard InChI is InChI=1S/2C13H12NO2.2C12H9NO.2CH3O.4Cu.4NO3/c2*1-16-13(15,11-7-3-2-4-8-11)12-9-5-6-10-14-12;2*14-12(10-6-2-1-3-7-10)11-8-4-5-9-13-11;2*1-2;;;;;4*2-1(3)4/h2*2-10H,1H3;2*1-9H;2*1H3;;;;;;;;/q2*-1;;;2*-1;4*+2;4*-1/t2*13-;;;;;;;;;;;;/m10............/s1. The smallest absolute Gasteiger partial charge is 0.857 e. The van der Waals surface area contributed by atoms with Crippen molar-refractivity contribution in [1.82, 2.24) is 19.9 Å². The minimum absolute atomic E-state index is 0. The molecule has 4 radical (unpaired) electrons. The summed E-state index contributed by atoms with van der Waals surface area (Å²) < 4.78 is 10.2. The van der Waals surface area contributed by atoms with E-state index in [0.717, 1.165) is 14.2 Å². The molecule has 460 valence electrons. The molecule has 4 heterocycles. The molecule has 0 spiro atoms. The average Bonchev–Trinajstić information content (AvgIpc) is 3.49. The summed E-state index contributed by atoms with van der Waals surface area (Å²) in [4.78, 5) is 72.7. The molecule has 0 fully saturated rings. The fourth-order valence-corrected chi connectivity index (χ4v) is 5.64. The third-order valence-electron chi connectivity index (χ3n) is 8.75. The first-order chi connectivity index (χ1) is 38.2. The van der Waals surface area contributed by atoms with Crippen LogP contribution in [0.3, 0.4) is 0 Å². The number of carbonyl (C=O) groups excluding carboxylic acids is 2. The first-order valence-electron chi connectivity index (χ1n) is 21.8. The molecule has 28 nitrogen and oxygen atoms in total. The Morgan fingerprint density at radius 3 is 0.738 bits per heavy atom. The van der Waals surface area contributed by atoms with Crippen molar-refractivity contribution in [3.63, 3.8) is 0 Å². The maximum absolute atomic E-state index is 12.6. The van der Waals surface area contributed by atoms with Crippen molar-refractivity contribution in [2.24, 2.45) is 0 Å². The molecule has 4 aromatic carbocycles. The third-order valence-corrected chi connectivity index (χ3v) is 8.75. The van der Waals surface area contributed by atoms with Gasteiger partial charge in [0.05, 0.1) is 43.3 Å². The second-order valence-corrected chi connectivity index (χ2v) is 13.5. The third kappa shape index (κ3) is 37.5. The largest absolute Gasteiger partial charge is 2.00 e. The van der Waals surface area contributed by atoms with Gasteiger partial charge in [-0.2, -0.15) is 14.2 Å². The first-order valence-corrected chi connectivity index (χ1v) is 21.8. The Balaban J connectivity index is -0.000000215. The van der Waals surface area contributed by atoms with Gasteiger partial charge in [-0.05, 0) is 59.7 Å². The Bertz CT molecular complexity index is 2520. The van der Waals surface area contributed by atoms with Crippen LogP contribution >= 0.6 is 0 Å². The number of benzene rings is 4. The molecule has 0 aliphatic rings. The maximum atomic E-state index is 12.6. The summed E-state index contributed by atoms with van der Waals surface area (Å²) in [5.74, 6) is -3.54. The summed E-state index contributed by atoms with van der Waals surface area (Å²) >= 11 is 0. The second-order valence-electron chi connectivity index (χ2n) is 13.5. The molecule has 8 rings (SSSR count). The molecule has 8 aromatic rings. The Labute approximate surface area is 521 Å². The average molecular weight is 1360 g/mol. The zero-order valence-corrected chi connectivity index (χ0v) is 47.5. The Morgan fingerprint density at radius 2 is 0.548 bits per heavy atom. The number of hydrogen-bond donors (Lipinski definition) is 0. The van der Waals surface area contributed by atoms with E-state index < -0.39 is 31.9 Å². The number of ketones is 2. The topological polar surface area (TPSA) is 461 Å². The van der Waals surface area contributed by atoms with Crippen molar-refractivity contribution in [2.45, 2.75) is 11.6 Å². The van der Waals surface area contributed by atoms with Crippen LogP contribution in [0.2, 0.25) is 0 Å². The van der Waals surface area contributed by atoms with Crippen LogP contribution in [-0.2, 0) is 89.3 Å². The molecule has 0 bridgehead atoms. The number of methoxy groups -OCH3 is 2. The van der Waals surface area contributed by atoms with Crippen LogP contribution in [0.15, 0.2) is 219 Å². The molecule has 0 aliphatic carbocycles. The first kappa shape index (κ1) is 86.7. The number of hydrogen-bond acceptors (Lipinski definition) is 24. The van der Waals surface area contributed by atoms with E-state index in [1.165, 1.54) is 14.2 Å². The van der Waals surface area contributed by atoms with E-state index in [1.54, 1.807) is 134 Å². The van der Waals surface area contributed by atoms with E-state index in [9.17, 15) is 19.8 Å². The molecule has 32 heteroatoms. The van der Waals surface area contributed by atoms with Crippen LogP contribution < -0.4 is 20.4 Å². The van der Waals surface area contributed by atoms with Crippen molar-refractivity contribution >= 4 is 11.6 Å². The van der Waals surface area contributed by atoms with E-state index in [2.05, 4.69) is 19.9 Å². The fourth-order valence-electron chi connectivity index (χ4n) is 5.64. The number of ether oxygens (including phenoxy) is 2. The van der Waals surface area contributed by atoms with Gasteiger partial charge in [0.2, 0.25) is 11.6 Å². The molecule has 4 aromatic heterocycles.